The Morgan fingerprint density at radius 2 is 1.58 bits per heavy atom. The Morgan fingerprint density at radius 3 is 2.17 bits per heavy atom. The summed E-state index contributed by atoms with van der Waals surface area (Å²) in [4.78, 5) is 51.0. The number of benzene rings is 2. The minimum Gasteiger partial charge on any atom is -0.493 e. The van der Waals surface area contributed by atoms with Gasteiger partial charge in [-0.2, -0.15) is 0 Å². The van der Waals surface area contributed by atoms with Crippen molar-refractivity contribution in [2.45, 2.75) is 0 Å². The number of nitrogens with zero attached hydrogens (tertiary/aromatic N) is 1. The molecule has 1 heterocycles. The molecular weight excluding hydrogens is 470 g/mol. The summed E-state index contributed by atoms with van der Waals surface area (Å²) in [7, 11) is 6.07. The zero-order valence-electron chi connectivity index (χ0n) is 20.1. The normalized spacial score (nSPS) is 10.2. The van der Waals surface area contributed by atoms with Crippen LogP contribution in [0.25, 0.3) is 0 Å². The van der Waals surface area contributed by atoms with E-state index in [9.17, 15) is 19.2 Å². The van der Waals surface area contributed by atoms with E-state index in [2.05, 4.69) is 10.6 Å². The molecule has 0 spiro atoms. The molecule has 0 saturated carbocycles. The van der Waals surface area contributed by atoms with Crippen molar-refractivity contribution < 1.29 is 37.8 Å². The second kappa shape index (κ2) is 11.6. The predicted octanol–water partition coefficient (Wildman–Crippen LogP) is 3.05. The summed E-state index contributed by atoms with van der Waals surface area (Å²) in [6.07, 6.45) is 1.34. The highest BCUT2D eigenvalue weighted by Gasteiger charge is 2.22. The molecule has 0 bridgehead atoms. The van der Waals surface area contributed by atoms with Gasteiger partial charge in [0.25, 0.3) is 17.7 Å². The maximum atomic E-state index is 12.8. The van der Waals surface area contributed by atoms with E-state index in [4.69, 9.17) is 18.6 Å². The van der Waals surface area contributed by atoms with E-state index < -0.39 is 24.4 Å². The molecule has 2 aromatic carbocycles. The van der Waals surface area contributed by atoms with Crippen molar-refractivity contribution in [1.82, 2.24) is 4.90 Å². The Labute approximate surface area is 206 Å². The van der Waals surface area contributed by atoms with Crippen molar-refractivity contribution in [3.8, 4) is 11.5 Å². The van der Waals surface area contributed by atoms with E-state index in [1.807, 2.05) is 0 Å². The van der Waals surface area contributed by atoms with E-state index in [1.54, 1.807) is 44.4 Å². The molecule has 3 rings (SSSR count). The highest BCUT2D eigenvalue weighted by molar-refractivity contribution is 6.07. The fourth-order valence-electron chi connectivity index (χ4n) is 3.10. The number of rotatable bonds is 9. The van der Waals surface area contributed by atoms with Gasteiger partial charge < -0.3 is 34.2 Å². The maximum Gasteiger partial charge on any atom is 0.340 e. The molecule has 36 heavy (non-hydrogen) atoms. The third-order valence-electron chi connectivity index (χ3n) is 4.89. The van der Waals surface area contributed by atoms with Crippen molar-refractivity contribution in [2.75, 3.05) is 45.6 Å². The Kier molecular flexibility index (Phi) is 8.29. The van der Waals surface area contributed by atoms with Gasteiger partial charge in [-0.15, -0.1) is 0 Å². The lowest BCUT2D eigenvalue weighted by Crippen LogP contribution is -2.23. The van der Waals surface area contributed by atoms with Crippen LogP contribution < -0.4 is 20.1 Å². The third-order valence-corrected chi connectivity index (χ3v) is 4.89. The molecule has 0 saturated heterocycles. The van der Waals surface area contributed by atoms with Gasteiger partial charge in [-0.25, -0.2) is 4.79 Å². The van der Waals surface area contributed by atoms with Crippen LogP contribution in [0.2, 0.25) is 0 Å². The van der Waals surface area contributed by atoms with Gasteiger partial charge in [0, 0.05) is 37.5 Å². The largest absolute Gasteiger partial charge is 0.493 e. The molecule has 0 aliphatic carbocycles. The summed E-state index contributed by atoms with van der Waals surface area (Å²) in [5.74, 6) is -1.75. The molecule has 0 aliphatic rings. The highest BCUT2D eigenvalue weighted by atomic mass is 16.5. The fourth-order valence-corrected chi connectivity index (χ4v) is 3.10. The molecule has 0 unspecified atom stereocenters. The number of furan rings is 1. The third kappa shape index (κ3) is 6.20. The zero-order chi connectivity index (χ0) is 26.2. The topological polar surface area (TPSA) is 136 Å². The van der Waals surface area contributed by atoms with E-state index in [1.165, 1.54) is 43.6 Å². The summed E-state index contributed by atoms with van der Waals surface area (Å²) in [5, 5.41) is 5.15. The predicted molar refractivity (Wildman–Crippen MR) is 130 cm³/mol. The van der Waals surface area contributed by atoms with Gasteiger partial charge >= 0.3 is 5.97 Å². The Morgan fingerprint density at radius 1 is 0.917 bits per heavy atom. The minimum atomic E-state index is -0.882. The van der Waals surface area contributed by atoms with Crippen LogP contribution in [-0.2, 0) is 9.53 Å². The Hall–Kier alpha value is -4.80. The standard InChI is InChI=1S/C25H25N3O8/c1-28(2)24(31)15-7-9-16(10-8-15)26-22(29)14-36-25(32)17-12-20(33-3)21(34-4)13-18(17)27-23(30)19-6-5-11-35-19/h5-13H,14H2,1-4H3,(H,26,29)(H,27,30). The number of methoxy groups -OCH3 is 2. The molecule has 0 atom stereocenters. The highest BCUT2D eigenvalue weighted by Crippen LogP contribution is 2.34. The number of carbonyl (C=O) groups is 4. The van der Waals surface area contributed by atoms with E-state index in [-0.39, 0.29) is 34.4 Å². The van der Waals surface area contributed by atoms with Crippen LogP contribution >= 0.6 is 0 Å². The van der Waals surface area contributed by atoms with Gasteiger partial charge in [0.2, 0.25) is 0 Å². The summed E-state index contributed by atoms with van der Waals surface area (Å²) in [6, 6.07) is 12.0. The second-order valence-corrected chi connectivity index (χ2v) is 7.59. The van der Waals surface area contributed by atoms with Crippen LogP contribution in [0.15, 0.2) is 59.2 Å². The molecule has 0 aliphatic heterocycles. The SMILES string of the molecule is COc1cc(NC(=O)c2ccco2)c(C(=O)OCC(=O)Nc2ccc(C(=O)N(C)C)cc2)cc1OC. The molecule has 11 heteroatoms. The van der Waals surface area contributed by atoms with Crippen LogP contribution in [0.4, 0.5) is 11.4 Å². The van der Waals surface area contributed by atoms with E-state index in [0.29, 0.717) is 11.3 Å². The number of hydrogen-bond donors (Lipinski definition) is 2. The van der Waals surface area contributed by atoms with Crippen LogP contribution in [0.5, 0.6) is 11.5 Å². The number of ether oxygens (including phenoxy) is 3. The van der Waals surface area contributed by atoms with Gasteiger partial charge in [0.15, 0.2) is 23.9 Å². The van der Waals surface area contributed by atoms with Crippen LogP contribution in [-0.4, -0.2) is 63.5 Å². The molecule has 3 aromatic rings. The van der Waals surface area contributed by atoms with Crippen molar-refractivity contribution in [1.29, 1.82) is 0 Å². The number of carbonyl (C=O) groups excluding carboxylic acids is 4. The van der Waals surface area contributed by atoms with Crippen LogP contribution in [0, 0.1) is 0 Å². The number of hydrogen-bond acceptors (Lipinski definition) is 8. The van der Waals surface area contributed by atoms with Gasteiger partial charge in [0.1, 0.15) is 0 Å². The average molecular weight is 495 g/mol. The molecule has 2 N–H and O–H groups in total. The molecule has 3 amide bonds. The van der Waals surface area contributed by atoms with Crippen molar-refractivity contribution in [3.05, 3.63) is 71.7 Å². The van der Waals surface area contributed by atoms with Gasteiger partial charge in [-0.05, 0) is 36.4 Å². The summed E-state index contributed by atoms with van der Waals surface area (Å²) in [6.45, 7) is -0.600. The zero-order valence-corrected chi connectivity index (χ0v) is 20.1. The first kappa shape index (κ1) is 25.8. The summed E-state index contributed by atoms with van der Waals surface area (Å²) < 4.78 is 20.7. The lowest BCUT2D eigenvalue weighted by atomic mass is 10.1. The number of anilines is 2. The summed E-state index contributed by atoms with van der Waals surface area (Å²) >= 11 is 0. The monoisotopic (exact) mass is 495 g/mol. The molecular formula is C25H25N3O8. The molecule has 0 fully saturated rings. The quantitative estimate of drug-likeness (QED) is 0.432. The lowest BCUT2D eigenvalue weighted by Gasteiger charge is -2.15. The van der Waals surface area contributed by atoms with E-state index >= 15 is 0 Å². The number of nitrogens with one attached hydrogen (secondary N) is 2. The maximum absolute atomic E-state index is 12.8. The van der Waals surface area contributed by atoms with Crippen molar-refractivity contribution in [3.63, 3.8) is 0 Å². The Balaban J connectivity index is 1.70. The number of amides is 3. The van der Waals surface area contributed by atoms with Gasteiger partial charge in [0.05, 0.1) is 31.7 Å². The first-order valence-corrected chi connectivity index (χ1v) is 10.6. The van der Waals surface area contributed by atoms with Crippen LogP contribution in [0.1, 0.15) is 31.3 Å². The second-order valence-electron chi connectivity index (χ2n) is 7.59. The van der Waals surface area contributed by atoms with Crippen LogP contribution in [0.3, 0.4) is 0 Å². The molecule has 1 aromatic heterocycles. The fraction of sp³-hybridized carbons (Fsp3) is 0.200. The molecule has 11 nitrogen and oxygen atoms in total. The lowest BCUT2D eigenvalue weighted by molar-refractivity contribution is -0.119. The first-order valence-electron chi connectivity index (χ1n) is 10.6. The van der Waals surface area contributed by atoms with Crippen molar-refractivity contribution in [2.24, 2.45) is 0 Å². The molecule has 0 radical (unpaired) electrons. The van der Waals surface area contributed by atoms with Gasteiger partial charge in [-0.1, -0.05) is 0 Å². The van der Waals surface area contributed by atoms with E-state index in [0.717, 1.165) is 0 Å². The average Bonchev–Trinajstić information content (AvgIpc) is 3.42. The number of esters is 1. The minimum absolute atomic E-state index is 0.0294. The molecule has 188 valence electrons. The Bertz CT molecular complexity index is 1250. The first-order chi connectivity index (χ1) is 17.2. The summed E-state index contributed by atoms with van der Waals surface area (Å²) in [5.41, 5.74) is 0.887. The smallest absolute Gasteiger partial charge is 0.340 e. The van der Waals surface area contributed by atoms with Crippen molar-refractivity contribution >= 4 is 35.1 Å². The van der Waals surface area contributed by atoms with Gasteiger partial charge in [-0.3, -0.25) is 14.4 Å².